The highest BCUT2D eigenvalue weighted by Crippen LogP contribution is 2.38. The van der Waals surface area contributed by atoms with Crippen LogP contribution in [-0.4, -0.2) is 11.1 Å². The van der Waals surface area contributed by atoms with Crippen molar-refractivity contribution >= 4 is 0 Å². The first kappa shape index (κ1) is 13.9. The summed E-state index contributed by atoms with van der Waals surface area (Å²) in [6.07, 6.45) is 7.61. The minimum absolute atomic E-state index is 0.406. The van der Waals surface area contributed by atoms with Crippen LogP contribution >= 0.6 is 0 Å². The molecule has 4 atom stereocenters. The van der Waals surface area contributed by atoms with E-state index in [9.17, 15) is 5.11 Å². The third kappa shape index (κ3) is 2.58. The number of phenolic OH excluding ortho intramolecular Hbond substituents is 1. The number of hydrogen-bond donors (Lipinski definition) is 2. The van der Waals surface area contributed by atoms with Crippen molar-refractivity contribution in [3.63, 3.8) is 0 Å². The van der Waals surface area contributed by atoms with E-state index in [-0.39, 0.29) is 0 Å². The molecule has 0 aliphatic heterocycles. The first-order valence-corrected chi connectivity index (χ1v) is 8.27. The van der Waals surface area contributed by atoms with Crippen molar-refractivity contribution in [3.05, 3.63) is 29.3 Å². The van der Waals surface area contributed by atoms with E-state index in [2.05, 4.69) is 25.2 Å². The minimum Gasteiger partial charge on any atom is -0.508 e. The number of benzene rings is 1. The number of aromatic hydroxyl groups is 1. The van der Waals surface area contributed by atoms with Gasteiger partial charge in [0, 0.05) is 12.1 Å². The van der Waals surface area contributed by atoms with Crippen LogP contribution in [0.4, 0.5) is 0 Å². The Kier molecular flexibility index (Phi) is 4.02. The smallest absolute Gasteiger partial charge is 0.115 e. The summed E-state index contributed by atoms with van der Waals surface area (Å²) in [6.45, 7) is 4.72. The highest BCUT2D eigenvalue weighted by molar-refractivity contribution is 5.38. The molecule has 0 spiro atoms. The maximum Gasteiger partial charge on any atom is 0.115 e. The molecule has 2 aliphatic rings. The summed E-state index contributed by atoms with van der Waals surface area (Å²) in [4.78, 5) is 0. The van der Waals surface area contributed by atoms with Crippen LogP contribution in [0.1, 0.15) is 63.1 Å². The van der Waals surface area contributed by atoms with Gasteiger partial charge in [-0.2, -0.15) is 0 Å². The summed E-state index contributed by atoms with van der Waals surface area (Å²) in [7, 11) is 0. The fourth-order valence-corrected chi connectivity index (χ4v) is 4.28. The van der Waals surface area contributed by atoms with Gasteiger partial charge in [0.1, 0.15) is 5.75 Å². The van der Waals surface area contributed by atoms with Gasteiger partial charge in [-0.3, -0.25) is 0 Å². The van der Waals surface area contributed by atoms with Crippen LogP contribution in [0.5, 0.6) is 5.75 Å². The molecule has 4 unspecified atom stereocenters. The predicted octanol–water partition coefficient (Wildman–Crippen LogP) is 4.18. The number of hydrogen-bond acceptors (Lipinski definition) is 2. The molecule has 0 amide bonds. The number of nitrogens with one attached hydrogen (secondary N) is 1. The average molecular weight is 273 g/mol. The third-order valence-corrected chi connectivity index (χ3v) is 5.61. The lowest BCUT2D eigenvalue weighted by Gasteiger charge is -2.31. The number of phenols is 1. The average Bonchev–Trinajstić information content (AvgIpc) is 2.80. The van der Waals surface area contributed by atoms with Gasteiger partial charge in [0.25, 0.3) is 0 Å². The normalized spacial score (nSPS) is 33.1. The second-order valence-electron chi connectivity index (χ2n) is 6.71. The number of aryl methyl sites for hydroxylation is 1. The van der Waals surface area contributed by atoms with Crippen molar-refractivity contribution in [1.82, 2.24) is 5.32 Å². The Bertz CT molecular complexity index is 470. The van der Waals surface area contributed by atoms with Crippen LogP contribution in [0.3, 0.4) is 0 Å². The zero-order valence-electron chi connectivity index (χ0n) is 12.7. The molecule has 0 heterocycles. The van der Waals surface area contributed by atoms with Gasteiger partial charge in [-0.25, -0.2) is 0 Å². The summed E-state index contributed by atoms with van der Waals surface area (Å²) in [5.74, 6) is 2.07. The molecule has 0 bridgehead atoms. The van der Waals surface area contributed by atoms with Crippen molar-refractivity contribution in [2.24, 2.45) is 11.8 Å². The Hall–Kier alpha value is -1.02. The fourth-order valence-electron chi connectivity index (χ4n) is 4.28. The molecular weight excluding hydrogens is 246 g/mol. The molecule has 1 aromatic carbocycles. The van der Waals surface area contributed by atoms with Crippen LogP contribution in [0.15, 0.2) is 18.2 Å². The molecule has 2 aliphatic carbocycles. The molecule has 0 aromatic heterocycles. The van der Waals surface area contributed by atoms with Gasteiger partial charge in [-0.15, -0.1) is 0 Å². The molecule has 3 rings (SSSR count). The Balaban J connectivity index is 1.75. The molecule has 2 heteroatoms. The zero-order valence-corrected chi connectivity index (χ0v) is 12.7. The molecule has 2 nitrogen and oxygen atoms in total. The van der Waals surface area contributed by atoms with E-state index in [4.69, 9.17) is 0 Å². The van der Waals surface area contributed by atoms with Gasteiger partial charge in [0.05, 0.1) is 0 Å². The highest BCUT2D eigenvalue weighted by atomic mass is 16.3. The Labute approximate surface area is 122 Å². The fraction of sp³-hybridized carbons (Fsp3) is 0.667. The second kappa shape index (κ2) is 5.77. The van der Waals surface area contributed by atoms with Crippen LogP contribution < -0.4 is 5.32 Å². The first-order chi connectivity index (χ1) is 9.69. The lowest BCUT2D eigenvalue weighted by atomic mass is 9.86. The predicted molar refractivity (Wildman–Crippen MR) is 82.9 cm³/mol. The summed E-state index contributed by atoms with van der Waals surface area (Å²) in [5, 5.41) is 13.7. The Morgan fingerprint density at radius 1 is 1.25 bits per heavy atom. The van der Waals surface area contributed by atoms with E-state index < -0.39 is 0 Å². The summed E-state index contributed by atoms with van der Waals surface area (Å²) in [5.41, 5.74) is 2.76. The van der Waals surface area contributed by atoms with E-state index in [0.29, 0.717) is 17.8 Å². The van der Waals surface area contributed by atoms with Crippen molar-refractivity contribution in [1.29, 1.82) is 0 Å². The maximum atomic E-state index is 9.77. The highest BCUT2D eigenvalue weighted by Gasteiger charge is 2.33. The maximum absolute atomic E-state index is 9.77. The van der Waals surface area contributed by atoms with Crippen molar-refractivity contribution in [3.8, 4) is 5.75 Å². The SMILES string of the molecule is CCC1CCC(NC2CCCc3ccc(O)cc32)C1C. The number of fused-ring (bicyclic) bond motifs is 1. The Morgan fingerprint density at radius 3 is 2.85 bits per heavy atom. The van der Waals surface area contributed by atoms with Gasteiger partial charge in [-0.1, -0.05) is 26.3 Å². The third-order valence-electron chi connectivity index (χ3n) is 5.61. The topological polar surface area (TPSA) is 32.3 Å². The van der Waals surface area contributed by atoms with Gasteiger partial charge in [0.15, 0.2) is 0 Å². The summed E-state index contributed by atoms with van der Waals surface area (Å²) < 4.78 is 0. The van der Waals surface area contributed by atoms with Crippen molar-refractivity contribution in [2.75, 3.05) is 0 Å². The van der Waals surface area contributed by atoms with Crippen molar-refractivity contribution < 1.29 is 5.11 Å². The van der Waals surface area contributed by atoms with Crippen LogP contribution in [-0.2, 0) is 6.42 Å². The molecule has 1 aromatic rings. The van der Waals surface area contributed by atoms with Crippen LogP contribution in [0.25, 0.3) is 0 Å². The summed E-state index contributed by atoms with van der Waals surface area (Å²) >= 11 is 0. The molecular formula is C18H27NO. The van der Waals surface area contributed by atoms with E-state index >= 15 is 0 Å². The molecule has 2 N–H and O–H groups in total. The van der Waals surface area contributed by atoms with Crippen molar-refractivity contribution in [2.45, 2.75) is 64.5 Å². The second-order valence-corrected chi connectivity index (χ2v) is 6.71. The minimum atomic E-state index is 0.406. The Morgan fingerprint density at radius 2 is 2.10 bits per heavy atom. The molecule has 1 fully saturated rings. The van der Waals surface area contributed by atoms with Crippen LogP contribution in [0.2, 0.25) is 0 Å². The van der Waals surface area contributed by atoms with E-state index in [1.165, 1.54) is 43.2 Å². The van der Waals surface area contributed by atoms with E-state index in [1.807, 2.05) is 12.1 Å². The summed E-state index contributed by atoms with van der Waals surface area (Å²) in [6, 6.07) is 6.99. The molecule has 110 valence electrons. The van der Waals surface area contributed by atoms with Gasteiger partial charge in [-0.05, 0) is 67.2 Å². The zero-order chi connectivity index (χ0) is 14.1. The molecule has 0 saturated heterocycles. The lowest BCUT2D eigenvalue weighted by molar-refractivity contribution is 0.308. The standard InChI is InChI=1S/C18H27NO/c1-3-13-8-10-17(12(13)2)19-18-6-4-5-14-7-9-15(20)11-16(14)18/h7,9,11-13,17-20H,3-6,8,10H2,1-2H3. The van der Waals surface area contributed by atoms with E-state index in [1.54, 1.807) is 0 Å². The van der Waals surface area contributed by atoms with Gasteiger partial charge in [0.2, 0.25) is 0 Å². The number of rotatable bonds is 3. The molecule has 20 heavy (non-hydrogen) atoms. The first-order valence-electron chi connectivity index (χ1n) is 8.27. The quantitative estimate of drug-likeness (QED) is 0.865. The molecule has 1 saturated carbocycles. The van der Waals surface area contributed by atoms with E-state index in [0.717, 1.165) is 18.3 Å². The van der Waals surface area contributed by atoms with Crippen LogP contribution in [0, 0.1) is 11.8 Å². The van der Waals surface area contributed by atoms with Gasteiger partial charge >= 0.3 is 0 Å². The lowest BCUT2D eigenvalue weighted by Crippen LogP contribution is -2.37. The largest absolute Gasteiger partial charge is 0.508 e. The monoisotopic (exact) mass is 273 g/mol. The molecule has 0 radical (unpaired) electrons. The van der Waals surface area contributed by atoms with Gasteiger partial charge < -0.3 is 10.4 Å².